The van der Waals surface area contributed by atoms with Gasteiger partial charge in [-0.2, -0.15) is 0 Å². The van der Waals surface area contributed by atoms with Crippen LogP contribution >= 0.6 is 12.2 Å². The van der Waals surface area contributed by atoms with E-state index in [-0.39, 0.29) is 6.61 Å². The molecule has 0 aromatic carbocycles. The van der Waals surface area contributed by atoms with Crippen LogP contribution in [0.25, 0.3) is 0 Å². The Hall–Kier alpha value is -0.350. The summed E-state index contributed by atoms with van der Waals surface area (Å²) in [6.07, 6.45) is 2.18. The molecule has 0 saturated carbocycles. The summed E-state index contributed by atoms with van der Waals surface area (Å²) in [6, 6.07) is 0. The minimum Gasteiger partial charge on any atom is -0.395 e. The Bertz CT molecular complexity index is 119. The molecule has 0 fully saturated rings. The summed E-state index contributed by atoms with van der Waals surface area (Å²) in [7, 11) is 0. The van der Waals surface area contributed by atoms with Gasteiger partial charge in [-0.25, -0.2) is 0 Å². The predicted octanol–water partition coefficient (Wildman–Crippen LogP) is 0.324. The third-order valence-corrected chi connectivity index (χ3v) is 1.72. The van der Waals surface area contributed by atoms with Crippen LogP contribution in [0.3, 0.4) is 0 Å². The van der Waals surface area contributed by atoms with E-state index in [9.17, 15) is 0 Å². The molecule has 3 N–H and O–H groups in total. The van der Waals surface area contributed by atoms with Crippen molar-refractivity contribution in [3.8, 4) is 0 Å². The highest BCUT2D eigenvalue weighted by Crippen LogP contribution is 1.93. The molecule has 0 unspecified atom stereocenters. The molecule has 3 nitrogen and oxygen atoms in total. The van der Waals surface area contributed by atoms with Gasteiger partial charge >= 0.3 is 0 Å². The maximum atomic E-state index is 8.63. The Kier molecular flexibility index (Phi) is 6.16. The standard InChI is InChI=1S/C7H16N2OS/c1-2-3-4-9(5-6-10)7(8)11/h10H,2-6H2,1H3,(H2,8,11). The van der Waals surface area contributed by atoms with Crippen LogP contribution in [0.4, 0.5) is 0 Å². The third-order valence-electron chi connectivity index (χ3n) is 1.46. The van der Waals surface area contributed by atoms with Crippen LogP contribution in [0.2, 0.25) is 0 Å². The molecule has 0 rings (SSSR count). The topological polar surface area (TPSA) is 49.5 Å². The van der Waals surface area contributed by atoms with E-state index in [0.29, 0.717) is 11.7 Å². The highest BCUT2D eigenvalue weighted by molar-refractivity contribution is 7.80. The Balaban J connectivity index is 3.60. The first-order chi connectivity index (χ1) is 5.22. The van der Waals surface area contributed by atoms with Crippen molar-refractivity contribution in [1.82, 2.24) is 4.90 Å². The zero-order valence-corrected chi connectivity index (χ0v) is 7.73. The van der Waals surface area contributed by atoms with Crippen LogP contribution in [-0.2, 0) is 0 Å². The third kappa shape index (κ3) is 4.98. The lowest BCUT2D eigenvalue weighted by Gasteiger charge is -2.20. The fourth-order valence-electron chi connectivity index (χ4n) is 0.802. The quantitative estimate of drug-likeness (QED) is 0.592. The minimum atomic E-state index is 0.112. The smallest absolute Gasteiger partial charge is 0.166 e. The molecule has 0 atom stereocenters. The van der Waals surface area contributed by atoms with Crippen LogP contribution in [0.5, 0.6) is 0 Å². The van der Waals surface area contributed by atoms with Gasteiger partial charge in [0.1, 0.15) is 0 Å². The molecule has 0 amide bonds. The van der Waals surface area contributed by atoms with Crippen LogP contribution in [0.1, 0.15) is 19.8 Å². The van der Waals surface area contributed by atoms with Gasteiger partial charge in [-0.05, 0) is 18.6 Å². The number of thiocarbonyl (C=S) groups is 1. The van der Waals surface area contributed by atoms with Gasteiger partial charge in [0.25, 0.3) is 0 Å². The molecule has 11 heavy (non-hydrogen) atoms. The van der Waals surface area contributed by atoms with Gasteiger partial charge in [0.15, 0.2) is 5.11 Å². The molecule has 0 saturated heterocycles. The maximum absolute atomic E-state index is 8.63. The van der Waals surface area contributed by atoms with E-state index in [0.717, 1.165) is 19.4 Å². The lowest BCUT2D eigenvalue weighted by atomic mass is 10.3. The summed E-state index contributed by atoms with van der Waals surface area (Å²) in [5.41, 5.74) is 5.41. The molecule has 0 aromatic heterocycles. The van der Waals surface area contributed by atoms with E-state index in [4.69, 9.17) is 23.1 Å². The monoisotopic (exact) mass is 176 g/mol. The summed E-state index contributed by atoms with van der Waals surface area (Å²) in [4.78, 5) is 1.82. The second-order valence-corrected chi connectivity index (χ2v) is 2.82. The van der Waals surface area contributed by atoms with E-state index in [1.165, 1.54) is 0 Å². The summed E-state index contributed by atoms with van der Waals surface area (Å²) in [6.45, 7) is 3.62. The summed E-state index contributed by atoms with van der Waals surface area (Å²) < 4.78 is 0. The van der Waals surface area contributed by atoms with E-state index in [1.807, 2.05) is 4.90 Å². The molecule has 66 valence electrons. The van der Waals surface area contributed by atoms with Crippen molar-refractivity contribution in [3.63, 3.8) is 0 Å². The van der Waals surface area contributed by atoms with Crippen molar-refractivity contribution in [3.05, 3.63) is 0 Å². The number of aliphatic hydroxyl groups excluding tert-OH is 1. The number of rotatable bonds is 5. The number of unbranched alkanes of at least 4 members (excludes halogenated alkanes) is 1. The molecular formula is C7H16N2OS. The molecule has 0 radical (unpaired) electrons. The van der Waals surface area contributed by atoms with Crippen LogP contribution in [0, 0.1) is 0 Å². The molecule has 0 aliphatic heterocycles. The van der Waals surface area contributed by atoms with Crippen molar-refractivity contribution in [2.75, 3.05) is 19.7 Å². The zero-order chi connectivity index (χ0) is 8.69. The first kappa shape index (κ1) is 10.7. The van der Waals surface area contributed by atoms with Crippen LogP contribution in [0.15, 0.2) is 0 Å². The Morgan fingerprint density at radius 1 is 1.55 bits per heavy atom. The van der Waals surface area contributed by atoms with Crippen molar-refractivity contribution in [1.29, 1.82) is 0 Å². The number of hydrogen-bond donors (Lipinski definition) is 2. The molecule has 4 heteroatoms. The predicted molar refractivity (Wildman–Crippen MR) is 50.4 cm³/mol. The van der Waals surface area contributed by atoms with Gasteiger partial charge < -0.3 is 15.7 Å². The van der Waals surface area contributed by atoms with Crippen molar-refractivity contribution >= 4 is 17.3 Å². The van der Waals surface area contributed by atoms with Crippen molar-refractivity contribution in [2.45, 2.75) is 19.8 Å². The van der Waals surface area contributed by atoms with Gasteiger partial charge in [-0.15, -0.1) is 0 Å². The van der Waals surface area contributed by atoms with Gasteiger partial charge in [-0.3, -0.25) is 0 Å². The van der Waals surface area contributed by atoms with Crippen molar-refractivity contribution < 1.29 is 5.11 Å². The Labute approximate surface area is 73.2 Å². The molecule has 0 aliphatic carbocycles. The largest absolute Gasteiger partial charge is 0.395 e. The second-order valence-electron chi connectivity index (χ2n) is 2.40. The zero-order valence-electron chi connectivity index (χ0n) is 6.92. The van der Waals surface area contributed by atoms with Crippen LogP contribution < -0.4 is 5.73 Å². The SMILES string of the molecule is CCCCN(CCO)C(N)=S. The normalized spacial score (nSPS) is 9.64. The van der Waals surface area contributed by atoms with E-state index in [1.54, 1.807) is 0 Å². The van der Waals surface area contributed by atoms with E-state index >= 15 is 0 Å². The highest BCUT2D eigenvalue weighted by Gasteiger charge is 2.02. The first-order valence-corrected chi connectivity index (χ1v) is 4.28. The molecule has 0 heterocycles. The number of nitrogens with two attached hydrogens (primary N) is 1. The Morgan fingerprint density at radius 3 is 2.55 bits per heavy atom. The van der Waals surface area contributed by atoms with Crippen molar-refractivity contribution in [2.24, 2.45) is 5.73 Å². The highest BCUT2D eigenvalue weighted by atomic mass is 32.1. The van der Waals surface area contributed by atoms with E-state index < -0.39 is 0 Å². The van der Waals surface area contributed by atoms with Gasteiger partial charge in [-0.1, -0.05) is 13.3 Å². The van der Waals surface area contributed by atoms with Crippen LogP contribution in [-0.4, -0.2) is 34.8 Å². The van der Waals surface area contributed by atoms with Gasteiger partial charge in [0.05, 0.1) is 6.61 Å². The van der Waals surface area contributed by atoms with Gasteiger partial charge in [0, 0.05) is 13.1 Å². The molecule has 0 aromatic rings. The van der Waals surface area contributed by atoms with E-state index in [2.05, 4.69) is 6.92 Å². The fraction of sp³-hybridized carbons (Fsp3) is 0.857. The fourth-order valence-corrected chi connectivity index (χ4v) is 0.984. The molecule has 0 bridgehead atoms. The Morgan fingerprint density at radius 2 is 2.18 bits per heavy atom. The number of nitrogens with zero attached hydrogens (tertiary/aromatic N) is 1. The average molecular weight is 176 g/mol. The second kappa shape index (κ2) is 6.37. The minimum absolute atomic E-state index is 0.112. The molecular weight excluding hydrogens is 160 g/mol. The first-order valence-electron chi connectivity index (χ1n) is 3.87. The molecule has 0 spiro atoms. The lowest BCUT2D eigenvalue weighted by molar-refractivity contribution is 0.249. The van der Waals surface area contributed by atoms with Gasteiger partial charge in [0.2, 0.25) is 0 Å². The average Bonchev–Trinajstić information content (AvgIpc) is 1.97. The number of hydrogen-bond acceptors (Lipinski definition) is 2. The molecule has 0 aliphatic rings. The summed E-state index contributed by atoms with van der Waals surface area (Å²) in [5, 5.41) is 9.01. The summed E-state index contributed by atoms with van der Waals surface area (Å²) >= 11 is 4.79. The maximum Gasteiger partial charge on any atom is 0.166 e. The number of aliphatic hydroxyl groups is 1. The summed E-state index contributed by atoms with van der Waals surface area (Å²) in [5.74, 6) is 0. The lowest BCUT2D eigenvalue weighted by Crippen LogP contribution is -2.38.